The maximum atomic E-state index is 12.8. The summed E-state index contributed by atoms with van der Waals surface area (Å²) in [5.41, 5.74) is -1.75. The number of likely N-dealkylation sites (tertiary alicyclic amines) is 1. The van der Waals surface area contributed by atoms with Crippen LogP contribution in [0.1, 0.15) is 35.3 Å². The second kappa shape index (κ2) is 6.05. The molecule has 1 fully saturated rings. The normalized spacial score (nSPS) is 20.1. The van der Waals surface area contributed by atoms with Gasteiger partial charge in [-0.2, -0.15) is 13.2 Å². The highest BCUT2D eigenvalue weighted by Gasteiger charge is 2.41. The maximum absolute atomic E-state index is 12.8. The van der Waals surface area contributed by atoms with E-state index in [0.29, 0.717) is 13.1 Å². The molecule has 1 aliphatic rings. The molecule has 0 aromatic carbocycles. The first kappa shape index (κ1) is 15.8. The average Bonchev–Trinajstić information content (AvgIpc) is 2.87. The number of likely N-dealkylation sites (N-methyl/N-ethyl adjacent to an activating group) is 1. The lowest BCUT2D eigenvalue weighted by molar-refractivity contribution is -0.143. The van der Waals surface area contributed by atoms with Gasteiger partial charge in [-0.15, -0.1) is 0 Å². The summed E-state index contributed by atoms with van der Waals surface area (Å²) in [5.74, 6) is -0.657. The molecule has 1 aromatic heterocycles. The Morgan fingerprint density at radius 1 is 1.48 bits per heavy atom. The number of alkyl halides is 3. The lowest BCUT2D eigenvalue weighted by atomic mass is 10.0. The highest BCUT2D eigenvalue weighted by atomic mass is 19.4. The minimum absolute atomic E-state index is 0.0859. The van der Waals surface area contributed by atoms with Crippen molar-refractivity contribution in [2.75, 3.05) is 27.2 Å². The van der Waals surface area contributed by atoms with E-state index in [-0.39, 0.29) is 6.04 Å². The zero-order chi connectivity index (χ0) is 15.6. The van der Waals surface area contributed by atoms with Crippen LogP contribution >= 0.6 is 0 Å². The molecule has 0 N–H and O–H groups in total. The molecule has 1 saturated heterocycles. The molecule has 1 aromatic rings. The van der Waals surface area contributed by atoms with Gasteiger partial charge >= 0.3 is 6.18 Å². The van der Waals surface area contributed by atoms with E-state index in [1.165, 1.54) is 4.90 Å². The number of rotatable bonds is 3. The second-order valence-corrected chi connectivity index (χ2v) is 5.48. The molecule has 0 spiro atoms. The zero-order valence-electron chi connectivity index (χ0n) is 12.0. The third-order valence-electron chi connectivity index (χ3n) is 3.53. The Kier molecular flexibility index (Phi) is 4.55. The molecule has 5 nitrogen and oxygen atoms in total. The number of carbonyl (C=O) groups is 1. The van der Waals surface area contributed by atoms with Crippen molar-refractivity contribution in [2.45, 2.75) is 31.5 Å². The van der Waals surface area contributed by atoms with Crippen LogP contribution in [-0.4, -0.2) is 54.1 Å². The fraction of sp³-hybridized carbons (Fsp3) is 0.692. The van der Waals surface area contributed by atoms with E-state index in [2.05, 4.69) is 9.68 Å². The molecule has 0 bridgehead atoms. The molecule has 0 aliphatic carbocycles. The van der Waals surface area contributed by atoms with Crippen LogP contribution in [-0.2, 0) is 6.18 Å². The lowest BCUT2D eigenvalue weighted by Crippen LogP contribution is -2.48. The summed E-state index contributed by atoms with van der Waals surface area (Å²) in [7, 11) is 3.75. The summed E-state index contributed by atoms with van der Waals surface area (Å²) < 4.78 is 42.8. The molecule has 2 rings (SSSR count). The van der Waals surface area contributed by atoms with Gasteiger partial charge < -0.3 is 14.3 Å². The van der Waals surface area contributed by atoms with Gasteiger partial charge in [0, 0.05) is 19.1 Å². The highest BCUT2D eigenvalue weighted by Crippen LogP contribution is 2.32. The van der Waals surface area contributed by atoms with Crippen molar-refractivity contribution in [3.8, 4) is 0 Å². The first-order valence-corrected chi connectivity index (χ1v) is 6.78. The van der Waals surface area contributed by atoms with E-state index < -0.39 is 23.3 Å². The predicted molar refractivity (Wildman–Crippen MR) is 68.7 cm³/mol. The summed E-state index contributed by atoms with van der Waals surface area (Å²) in [5, 5.41) is 2.93. The summed E-state index contributed by atoms with van der Waals surface area (Å²) in [6.07, 6.45) is -1.35. The monoisotopic (exact) mass is 305 g/mol. The Morgan fingerprint density at radius 3 is 2.81 bits per heavy atom. The van der Waals surface area contributed by atoms with Crippen molar-refractivity contribution in [3.63, 3.8) is 0 Å². The molecule has 2 heterocycles. The summed E-state index contributed by atoms with van der Waals surface area (Å²) >= 11 is 0. The number of hydrogen-bond acceptors (Lipinski definition) is 4. The number of carbonyl (C=O) groups excluding carboxylic acids is 1. The van der Waals surface area contributed by atoms with Gasteiger partial charge in [-0.25, -0.2) is 0 Å². The third-order valence-corrected chi connectivity index (χ3v) is 3.53. The number of piperidine rings is 1. The van der Waals surface area contributed by atoms with Gasteiger partial charge in [-0.05, 0) is 33.4 Å². The van der Waals surface area contributed by atoms with Crippen LogP contribution in [0.5, 0.6) is 0 Å². The maximum Gasteiger partial charge on any atom is 0.437 e. The van der Waals surface area contributed by atoms with Gasteiger partial charge in [-0.1, -0.05) is 5.16 Å². The Morgan fingerprint density at radius 2 is 2.19 bits per heavy atom. The fourth-order valence-corrected chi connectivity index (χ4v) is 2.63. The molecule has 1 atom stereocenters. The van der Waals surface area contributed by atoms with Crippen LogP contribution in [0.25, 0.3) is 0 Å². The van der Waals surface area contributed by atoms with E-state index in [4.69, 9.17) is 0 Å². The number of aromatic nitrogens is 1. The number of amides is 1. The van der Waals surface area contributed by atoms with Gasteiger partial charge in [0.1, 0.15) is 11.8 Å². The highest BCUT2D eigenvalue weighted by molar-refractivity contribution is 5.95. The predicted octanol–water partition coefficient (Wildman–Crippen LogP) is 2.25. The molecule has 118 valence electrons. The topological polar surface area (TPSA) is 49.6 Å². The molecular formula is C13H18F3N3O2. The number of hydrogen-bond donors (Lipinski definition) is 0. The van der Waals surface area contributed by atoms with Crippen LogP contribution in [0.15, 0.2) is 10.8 Å². The first-order valence-electron chi connectivity index (χ1n) is 6.78. The second-order valence-electron chi connectivity index (χ2n) is 5.48. The third kappa shape index (κ3) is 3.55. The summed E-state index contributed by atoms with van der Waals surface area (Å²) in [6, 6.07) is -0.0859. The standard InChI is InChI=1S/C13H18F3N3O2/c1-18(2)7-9-5-3-4-6-19(9)12(20)10-8-21-17-11(10)13(14,15)16/h8-9H,3-7H2,1-2H3. The Hall–Kier alpha value is -1.57. The summed E-state index contributed by atoms with van der Waals surface area (Å²) in [4.78, 5) is 15.9. The van der Waals surface area contributed by atoms with E-state index >= 15 is 0 Å². The molecule has 1 amide bonds. The van der Waals surface area contributed by atoms with Crippen LogP contribution in [0.4, 0.5) is 13.2 Å². The Labute approximate surface area is 120 Å². The van der Waals surface area contributed by atoms with Crippen LogP contribution in [0.2, 0.25) is 0 Å². The van der Waals surface area contributed by atoms with Crippen molar-refractivity contribution in [3.05, 3.63) is 17.5 Å². The number of nitrogens with zero attached hydrogens (tertiary/aromatic N) is 3. The van der Waals surface area contributed by atoms with Crippen LogP contribution in [0, 0.1) is 0 Å². The SMILES string of the molecule is CN(C)CC1CCCCN1C(=O)c1conc1C(F)(F)F. The molecule has 1 aliphatic heterocycles. The number of halogens is 3. The van der Waals surface area contributed by atoms with Gasteiger partial charge in [-0.3, -0.25) is 4.79 Å². The Balaban J connectivity index is 2.23. The molecular weight excluding hydrogens is 287 g/mol. The zero-order valence-corrected chi connectivity index (χ0v) is 12.0. The molecule has 21 heavy (non-hydrogen) atoms. The van der Waals surface area contributed by atoms with Crippen molar-refractivity contribution in [1.29, 1.82) is 0 Å². The van der Waals surface area contributed by atoms with Crippen molar-refractivity contribution < 1.29 is 22.5 Å². The van der Waals surface area contributed by atoms with Gasteiger partial charge in [0.25, 0.3) is 5.91 Å². The van der Waals surface area contributed by atoms with E-state index in [0.717, 1.165) is 25.5 Å². The molecule has 0 saturated carbocycles. The molecule has 1 unspecified atom stereocenters. The fourth-order valence-electron chi connectivity index (χ4n) is 2.63. The Bertz CT molecular complexity index is 499. The molecule has 0 radical (unpaired) electrons. The lowest BCUT2D eigenvalue weighted by Gasteiger charge is -2.37. The van der Waals surface area contributed by atoms with Gasteiger partial charge in [0.15, 0.2) is 5.69 Å². The van der Waals surface area contributed by atoms with Crippen molar-refractivity contribution in [2.24, 2.45) is 0 Å². The van der Waals surface area contributed by atoms with Crippen molar-refractivity contribution >= 4 is 5.91 Å². The van der Waals surface area contributed by atoms with Crippen LogP contribution < -0.4 is 0 Å². The quantitative estimate of drug-likeness (QED) is 0.859. The smallest absolute Gasteiger partial charge is 0.363 e. The molecule has 8 heteroatoms. The average molecular weight is 305 g/mol. The van der Waals surface area contributed by atoms with E-state index in [1.807, 2.05) is 19.0 Å². The van der Waals surface area contributed by atoms with Gasteiger partial charge in [0.2, 0.25) is 0 Å². The largest absolute Gasteiger partial charge is 0.437 e. The van der Waals surface area contributed by atoms with E-state index in [1.54, 1.807) is 0 Å². The van der Waals surface area contributed by atoms with Crippen LogP contribution in [0.3, 0.4) is 0 Å². The van der Waals surface area contributed by atoms with Gasteiger partial charge in [0.05, 0.1) is 0 Å². The first-order chi connectivity index (χ1) is 9.80. The summed E-state index contributed by atoms with van der Waals surface area (Å²) in [6.45, 7) is 1.08. The minimum atomic E-state index is -4.69. The minimum Gasteiger partial charge on any atom is -0.363 e. The van der Waals surface area contributed by atoms with Crippen molar-refractivity contribution in [1.82, 2.24) is 15.0 Å². The van der Waals surface area contributed by atoms with E-state index in [9.17, 15) is 18.0 Å².